The zero-order chi connectivity index (χ0) is 19.9. The van der Waals surface area contributed by atoms with Crippen LogP contribution in [0.1, 0.15) is 41.5 Å². The van der Waals surface area contributed by atoms with E-state index in [9.17, 15) is 0 Å². The molecule has 0 spiro atoms. The fourth-order valence-electron chi connectivity index (χ4n) is 3.81. The van der Waals surface area contributed by atoms with Crippen molar-refractivity contribution in [3.8, 4) is 5.75 Å². The smallest absolute Gasteiger partial charge is 0.191 e. The van der Waals surface area contributed by atoms with Crippen molar-refractivity contribution >= 4 is 29.9 Å². The van der Waals surface area contributed by atoms with Crippen molar-refractivity contribution in [2.45, 2.75) is 39.3 Å². The molecule has 0 aliphatic carbocycles. The Hall–Kier alpha value is -1.74. The maximum absolute atomic E-state index is 5.61. The lowest BCUT2D eigenvalue weighted by atomic mass is 10.1. The lowest BCUT2D eigenvalue weighted by molar-refractivity contribution is 0.245. The van der Waals surface area contributed by atoms with Gasteiger partial charge in [-0.1, -0.05) is 12.1 Å². The molecule has 1 aromatic carbocycles. The largest absolute Gasteiger partial charge is 0.497 e. The number of furan rings is 1. The highest BCUT2D eigenvalue weighted by Gasteiger charge is 2.24. The van der Waals surface area contributed by atoms with Gasteiger partial charge in [0.1, 0.15) is 17.3 Å². The highest BCUT2D eigenvalue weighted by atomic mass is 127. The molecule has 1 aliphatic rings. The van der Waals surface area contributed by atoms with Crippen molar-refractivity contribution < 1.29 is 9.15 Å². The second-order valence-electron chi connectivity index (χ2n) is 7.28. The van der Waals surface area contributed by atoms with E-state index in [1.165, 1.54) is 18.4 Å². The average molecular weight is 512 g/mol. The first-order valence-electron chi connectivity index (χ1n) is 9.99. The highest BCUT2D eigenvalue weighted by Crippen LogP contribution is 2.27. The van der Waals surface area contributed by atoms with Gasteiger partial charge in [-0.3, -0.25) is 9.89 Å². The summed E-state index contributed by atoms with van der Waals surface area (Å²) in [6, 6.07) is 10.7. The number of nitrogens with zero attached hydrogens (tertiary/aromatic N) is 2. The summed E-state index contributed by atoms with van der Waals surface area (Å²) in [6.07, 6.45) is 2.51. The molecule has 0 bridgehead atoms. The number of hydrogen-bond donors (Lipinski definition) is 2. The van der Waals surface area contributed by atoms with Gasteiger partial charge >= 0.3 is 0 Å². The number of ether oxygens (including phenoxy) is 1. The number of benzene rings is 1. The van der Waals surface area contributed by atoms with E-state index in [-0.39, 0.29) is 30.0 Å². The molecular weight excluding hydrogens is 479 g/mol. The van der Waals surface area contributed by atoms with Crippen molar-refractivity contribution in [1.82, 2.24) is 15.5 Å². The van der Waals surface area contributed by atoms with Crippen molar-refractivity contribution in [1.29, 1.82) is 0 Å². The van der Waals surface area contributed by atoms with Gasteiger partial charge in [0.15, 0.2) is 5.96 Å². The first kappa shape index (κ1) is 23.5. The van der Waals surface area contributed by atoms with E-state index >= 15 is 0 Å². The second kappa shape index (κ2) is 11.4. The monoisotopic (exact) mass is 512 g/mol. The van der Waals surface area contributed by atoms with Crippen LogP contribution in [0.2, 0.25) is 0 Å². The zero-order valence-corrected chi connectivity index (χ0v) is 20.2. The minimum absolute atomic E-state index is 0. The molecule has 0 saturated carbocycles. The van der Waals surface area contributed by atoms with Gasteiger partial charge in [0, 0.05) is 25.7 Å². The van der Waals surface area contributed by atoms with Gasteiger partial charge < -0.3 is 19.8 Å². The Morgan fingerprint density at radius 1 is 1.21 bits per heavy atom. The van der Waals surface area contributed by atoms with Gasteiger partial charge in [0.05, 0.1) is 13.2 Å². The number of aryl methyl sites for hydroxylation is 2. The van der Waals surface area contributed by atoms with E-state index < -0.39 is 0 Å². The number of aliphatic imine (C=N–C) groups is 1. The second-order valence-corrected chi connectivity index (χ2v) is 7.28. The summed E-state index contributed by atoms with van der Waals surface area (Å²) in [4.78, 5) is 6.93. The van der Waals surface area contributed by atoms with Gasteiger partial charge in [-0.25, -0.2) is 0 Å². The molecule has 2 aromatic rings. The van der Waals surface area contributed by atoms with E-state index in [2.05, 4.69) is 44.8 Å². The van der Waals surface area contributed by atoms with E-state index in [1.54, 1.807) is 14.2 Å². The number of nitrogens with one attached hydrogen (secondary N) is 2. The number of methoxy groups -OCH3 is 1. The van der Waals surface area contributed by atoms with Gasteiger partial charge in [-0.2, -0.15) is 0 Å². The predicted molar refractivity (Wildman–Crippen MR) is 128 cm³/mol. The fraction of sp³-hybridized carbons (Fsp3) is 0.500. The first-order chi connectivity index (χ1) is 13.6. The van der Waals surface area contributed by atoms with Gasteiger partial charge in [-0.05, 0) is 63.5 Å². The summed E-state index contributed by atoms with van der Waals surface area (Å²) in [5, 5.41) is 6.90. The fourth-order valence-corrected chi connectivity index (χ4v) is 3.81. The first-order valence-corrected chi connectivity index (χ1v) is 9.99. The normalized spacial score (nSPS) is 15.7. The average Bonchev–Trinajstić information content (AvgIpc) is 3.34. The van der Waals surface area contributed by atoms with Crippen LogP contribution in [0.5, 0.6) is 5.75 Å². The molecule has 2 N–H and O–H groups in total. The summed E-state index contributed by atoms with van der Waals surface area (Å²) in [5.74, 6) is 3.58. The van der Waals surface area contributed by atoms with Gasteiger partial charge in [-0.15, -0.1) is 24.0 Å². The molecule has 1 fully saturated rings. The SMILES string of the molecule is CN=C(NCc1cc(C)oc1C)NCC(c1cccc(OC)c1)N1CCCC1.I. The molecule has 1 atom stereocenters. The molecule has 2 heterocycles. The lowest BCUT2D eigenvalue weighted by Crippen LogP contribution is -2.42. The third kappa shape index (κ3) is 6.37. The molecule has 7 heteroatoms. The lowest BCUT2D eigenvalue weighted by Gasteiger charge is -2.29. The van der Waals surface area contributed by atoms with E-state index in [0.717, 1.165) is 48.4 Å². The zero-order valence-electron chi connectivity index (χ0n) is 17.8. The van der Waals surface area contributed by atoms with Crippen molar-refractivity contribution in [2.75, 3.05) is 33.8 Å². The van der Waals surface area contributed by atoms with Crippen molar-refractivity contribution in [2.24, 2.45) is 4.99 Å². The Bertz CT molecular complexity index is 800. The maximum atomic E-state index is 5.61. The molecule has 6 nitrogen and oxygen atoms in total. The minimum atomic E-state index is 0. The highest BCUT2D eigenvalue weighted by molar-refractivity contribution is 14.0. The molecule has 29 heavy (non-hydrogen) atoms. The molecule has 160 valence electrons. The summed E-state index contributed by atoms with van der Waals surface area (Å²) in [6.45, 7) is 7.70. The Morgan fingerprint density at radius 2 is 1.97 bits per heavy atom. The molecule has 0 amide bonds. The third-order valence-corrected chi connectivity index (χ3v) is 5.34. The summed E-state index contributed by atoms with van der Waals surface area (Å²) in [7, 11) is 3.52. The number of halogens is 1. The van der Waals surface area contributed by atoms with Crippen LogP contribution in [0.3, 0.4) is 0 Å². The van der Waals surface area contributed by atoms with Crippen LogP contribution in [-0.4, -0.2) is 44.7 Å². The van der Waals surface area contributed by atoms with E-state index in [1.807, 2.05) is 19.9 Å². The van der Waals surface area contributed by atoms with Crippen LogP contribution < -0.4 is 15.4 Å². The number of hydrogen-bond acceptors (Lipinski definition) is 4. The molecule has 1 saturated heterocycles. The van der Waals surface area contributed by atoms with E-state index in [0.29, 0.717) is 6.54 Å². The molecular formula is C22H33IN4O2. The Kier molecular flexibility index (Phi) is 9.29. The minimum Gasteiger partial charge on any atom is -0.497 e. The van der Waals surface area contributed by atoms with Crippen molar-refractivity contribution in [3.63, 3.8) is 0 Å². The summed E-state index contributed by atoms with van der Waals surface area (Å²) in [5.41, 5.74) is 2.43. The Labute approximate surface area is 191 Å². The summed E-state index contributed by atoms with van der Waals surface area (Å²) < 4.78 is 11.0. The molecule has 3 rings (SSSR count). The van der Waals surface area contributed by atoms with Crippen LogP contribution in [0.25, 0.3) is 0 Å². The van der Waals surface area contributed by atoms with Crippen LogP contribution in [0.15, 0.2) is 39.7 Å². The number of likely N-dealkylation sites (tertiary alicyclic amines) is 1. The maximum Gasteiger partial charge on any atom is 0.191 e. The number of rotatable bonds is 7. The van der Waals surface area contributed by atoms with Crippen LogP contribution in [-0.2, 0) is 6.54 Å². The van der Waals surface area contributed by atoms with Crippen molar-refractivity contribution in [3.05, 3.63) is 53.0 Å². The quantitative estimate of drug-likeness (QED) is 0.334. The Balaban J connectivity index is 0.00000300. The van der Waals surface area contributed by atoms with Gasteiger partial charge in [0.25, 0.3) is 0 Å². The van der Waals surface area contributed by atoms with Crippen LogP contribution >= 0.6 is 24.0 Å². The van der Waals surface area contributed by atoms with E-state index in [4.69, 9.17) is 9.15 Å². The molecule has 1 aromatic heterocycles. The Morgan fingerprint density at radius 3 is 2.59 bits per heavy atom. The predicted octanol–water partition coefficient (Wildman–Crippen LogP) is 4.03. The summed E-state index contributed by atoms with van der Waals surface area (Å²) >= 11 is 0. The standard InChI is InChI=1S/C22H32N4O2.HI/c1-16-12-19(17(2)28-16)14-24-22(23-3)25-15-21(26-10-5-6-11-26)18-8-7-9-20(13-18)27-4;/h7-9,12-13,21H,5-6,10-11,14-15H2,1-4H3,(H2,23,24,25);1H. The van der Waals surface area contributed by atoms with Crippen LogP contribution in [0.4, 0.5) is 0 Å². The number of guanidine groups is 1. The molecule has 1 aliphatic heterocycles. The topological polar surface area (TPSA) is 62.0 Å². The van der Waals surface area contributed by atoms with Crippen LogP contribution in [0, 0.1) is 13.8 Å². The third-order valence-electron chi connectivity index (χ3n) is 5.34. The molecule has 1 unspecified atom stereocenters. The molecule has 0 radical (unpaired) electrons. The van der Waals surface area contributed by atoms with Gasteiger partial charge in [0.2, 0.25) is 0 Å².